The summed E-state index contributed by atoms with van der Waals surface area (Å²) in [5, 5.41) is 5.31. The zero-order valence-corrected chi connectivity index (χ0v) is 10.1. The summed E-state index contributed by atoms with van der Waals surface area (Å²) in [4.78, 5) is 4.19. The van der Waals surface area contributed by atoms with Crippen molar-refractivity contribution in [2.24, 2.45) is 7.05 Å². The number of fused-ring (bicyclic) bond motifs is 1. The lowest BCUT2D eigenvalue weighted by atomic mass is 10.3. The van der Waals surface area contributed by atoms with Gasteiger partial charge in [0, 0.05) is 13.2 Å². The fourth-order valence-electron chi connectivity index (χ4n) is 1.38. The first kappa shape index (κ1) is 9.70. The van der Waals surface area contributed by atoms with Gasteiger partial charge in [0.2, 0.25) is 5.88 Å². The Labute approximate surface area is 95.4 Å². The van der Waals surface area contributed by atoms with E-state index in [2.05, 4.69) is 32.7 Å². The lowest BCUT2D eigenvalue weighted by Crippen LogP contribution is -1.95. The number of hydrogen-bond acceptors (Lipinski definition) is 3. The number of nitrogens with zero attached hydrogens (tertiary/aromatic N) is 3. The summed E-state index contributed by atoms with van der Waals surface area (Å²) >= 11 is 2.19. The smallest absolute Gasteiger partial charge is 0.225 e. The van der Waals surface area contributed by atoms with Gasteiger partial charge in [-0.1, -0.05) is 0 Å². The SMILES string of the molecule is CCOc1nccc2c1c(I)nn2C. The van der Waals surface area contributed by atoms with Crippen LogP contribution in [0, 0.1) is 3.70 Å². The lowest BCUT2D eigenvalue weighted by Gasteiger charge is -2.02. The molecule has 0 aliphatic rings. The van der Waals surface area contributed by atoms with Crippen molar-refractivity contribution in [1.29, 1.82) is 0 Å². The van der Waals surface area contributed by atoms with Crippen LogP contribution in [0.15, 0.2) is 12.3 Å². The molecule has 2 aromatic heterocycles. The van der Waals surface area contributed by atoms with Gasteiger partial charge in [-0.05, 0) is 35.6 Å². The average Bonchev–Trinajstić information content (AvgIpc) is 2.44. The molecule has 14 heavy (non-hydrogen) atoms. The molecule has 0 fully saturated rings. The first-order valence-electron chi connectivity index (χ1n) is 4.34. The Morgan fingerprint density at radius 3 is 3.07 bits per heavy atom. The summed E-state index contributed by atoms with van der Waals surface area (Å²) in [6.07, 6.45) is 1.74. The summed E-state index contributed by atoms with van der Waals surface area (Å²) < 4.78 is 8.21. The van der Waals surface area contributed by atoms with E-state index in [1.807, 2.05) is 24.7 Å². The van der Waals surface area contributed by atoms with Crippen LogP contribution in [0.4, 0.5) is 0 Å². The van der Waals surface area contributed by atoms with Crippen molar-refractivity contribution in [1.82, 2.24) is 14.8 Å². The Balaban J connectivity index is 2.72. The Morgan fingerprint density at radius 1 is 1.57 bits per heavy atom. The molecule has 0 unspecified atom stereocenters. The van der Waals surface area contributed by atoms with Crippen LogP contribution < -0.4 is 4.74 Å². The van der Waals surface area contributed by atoms with Gasteiger partial charge >= 0.3 is 0 Å². The van der Waals surface area contributed by atoms with E-state index in [1.54, 1.807) is 6.20 Å². The topological polar surface area (TPSA) is 39.9 Å². The third kappa shape index (κ3) is 1.45. The van der Waals surface area contributed by atoms with Crippen molar-refractivity contribution >= 4 is 33.5 Å². The lowest BCUT2D eigenvalue weighted by molar-refractivity contribution is 0.331. The number of rotatable bonds is 2. The van der Waals surface area contributed by atoms with Gasteiger partial charge in [0.25, 0.3) is 0 Å². The Kier molecular flexibility index (Phi) is 2.58. The van der Waals surface area contributed by atoms with Crippen molar-refractivity contribution in [2.45, 2.75) is 6.92 Å². The molecule has 0 aliphatic carbocycles. The predicted molar refractivity (Wildman–Crippen MR) is 62.4 cm³/mol. The zero-order chi connectivity index (χ0) is 10.1. The number of pyridine rings is 1. The van der Waals surface area contributed by atoms with Gasteiger partial charge in [-0.15, -0.1) is 0 Å². The molecule has 0 amide bonds. The monoisotopic (exact) mass is 303 g/mol. The van der Waals surface area contributed by atoms with Crippen LogP contribution in [0.1, 0.15) is 6.92 Å². The molecule has 0 radical (unpaired) electrons. The molecule has 4 nitrogen and oxygen atoms in total. The van der Waals surface area contributed by atoms with E-state index in [0.29, 0.717) is 12.5 Å². The zero-order valence-electron chi connectivity index (χ0n) is 7.99. The largest absolute Gasteiger partial charge is 0.477 e. The second kappa shape index (κ2) is 3.72. The molecule has 2 aromatic rings. The summed E-state index contributed by atoms with van der Waals surface area (Å²) in [7, 11) is 1.92. The van der Waals surface area contributed by atoms with Crippen LogP contribution in [0.3, 0.4) is 0 Å². The second-order valence-corrected chi connectivity index (χ2v) is 3.88. The van der Waals surface area contributed by atoms with Crippen LogP contribution in [0.25, 0.3) is 10.9 Å². The maximum atomic E-state index is 5.44. The molecule has 0 saturated carbocycles. The molecule has 0 N–H and O–H groups in total. The quantitative estimate of drug-likeness (QED) is 0.796. The minimum absolute atomic E-state index is 0.622. The second-order valence-electron chi connectivity index (χ2n) is 2.86. The fourth-order valence-corrected chi connectivity index (χ4v) is 2.21. The van der Waals surface area contributed by atoms with Crippen LogP contribution >= 0.6 is 22.6 Å². The van der Waals surface area contributed by atoms with Crippen molar-refractivity contribution < 1.29 is 4.74 Å². The Bertz CT molecular complexity index is 466. The molecule has 0 aliphatic heterocycles. The van der Waals surface area contributed by atoms with Crippen molar-refractivity contribution in [3.63, 3.8) is 0 Å². The number of hydrogen-bond donors (Lipinski definition) is 0. The van der Waals surface area contributed by atoms with E-state index < -0.39 is 0 Å². The third-order valence-corrected chi connectivity index (χ3v) is 2.72. The van der Waals surface area contributed by atoms with E-state index in [9.17, 15) is 0 Å². The van der Waals surface area contributed by atoms with Gasteiger partial charge in [-0.3, -0.25) is 4.68 Å². The van der Waals surface area contributed by atoms with E-state index in [-0.39, 0.29) is 0 Å². The van der Waals surface area contributed by atoms with E-state index in [0.717, 1.165) is 14.6 Å². The molecule has 2 heterocycles. The minimum atomic E-state index is 0.622. The van der Waals surface area contributed by atoms with Gasteiger partial charge in [0.05, 0.1) is 17.5 Å². The normalized spacial score (nSPS) is 10.8. The summed E-state index contributed by atoms with van der Waals surface area (Å²) in [5.74, 6) is 0.669. The van der Waals surface area contributed by atoms with Crippen molar-refractivity contribution in [3.8, 4) is 5.88 Å². The maximum Gasteiger partial charge on any atom is 0.225 e. The highest BCUT2D eigenvalue weighted by atomic mass is 127. The highest BCUT2D eigenvalue weighted by Crippen LogP contribution is 2.26. The van der Waals surface area contributed by atoms with E-state index in [4.69, 9.17) is 4.74 Å². The Morgan fingerprint density at radius 2 is 2.36 bits per heavy atom. The Hall–Kier alpha value is -0.850. The first-order valence-corrected chi connectivity index (χ1v) is 5.42. The molecular formula is C9H10IN3O. The number of halogens is 1. The number of ether oxygens (including phenoxy) is 1. The standard InChI is InChI=1S/C9H10IN3O/c1-3-14-9-7-6(4-5-11-9)13(2)12-8(7)10/h4-5H,3H2,1-2H3. The summed E-state index contributed by atoms with van der Waals surface area (Å²) in [6.45, 7) is 2.57. The first-order chi connectivity index (χ1) is 6.74. The molecule has 0 spiro atoms. The maximum absolute atomic E-state index is 5.44. The molecule has 0 atom stereocenters. The van der Waals surface area contributed by atoms with E-state index in [1.165, 1.54) is 0 Å². The summed E-state index contributed by atoms with van der Waals surface area (Å²) in [5.41, 5.74) is 1.05. The van der Waals surface area contributed by atoms with E-state index >= 15 is 0 Å². The number of aryl methyl sites for hydroxylation is 1. The molecule has 74 valence electrons. The van der Waals surface area contributed by atoms with Gasteiger partial charge in [-0.25, -0.2) is 4.98 Å². The van der Waals surface area contributed by atoms with Crippen LogP contribution in [0.5, 0.6) is 5.88 Å². The molecule has 0 aromatic carbocycles. The van der Waals surface area contributed by atoms with Crippen LogP contribution in [-0.2, 0) is 7.05 Å². The summed E-state index contributed by atoms with van der Waals surface area (Å²) in [6, 6.07) is 1.94. The van der Waals surface area contributed by atoms with Crippen molar-refractivity contribution in [2.75, 3.05) is 6.61 Å². The highest BCUT2D eigenvalue weighted by Gasteiger charge is 2.11. The molecule has 5 heteroatoms. The van der Waals surface area contributed by atoms with Gasteiger partial charge in [0.15, 0.2) is 0 Å². The minimum Gasteiger partial charge on any atom is -0.477 e. The molecule has 2 rings (SSSR count). The third-order valence-electron chi connectivity index (χ3n) is 1.97. The number of aromatic nitrogens is 3. The predicted octanol–water partition coefficient (Wildman–Crippen LogP) is 1.97. The van der Waals surface area contributed by atoms with Crippen LogP contribution in [-0.4, -0.2) is 21.4 Å². The fraction of sp³-hybridized carbons (Fsp3) is 0.333. The van der Waals surface area contributed by atoms with Crippen LogP contribution in [0.2, 0.25) is 0 Å². The van der Waals surface area contributed by atoms with Gasteiger partial charge < -0.3 is 4.74 Å². The molecule has 0 bridgehead atoms. The highest BCUT2D eigenvalue weighted by molar-refractivity contribution is 14.1. The van der Waals surface area contributed by atoms with Crippen molar-refractivity contribution in [3.05, 3.63) is 16.0 Å². The molecule has 0 saturated heterocycles. The van der Waals surface area contributed by atoms with Gasteiger partial charge in [0.1, 0.15) is 3.70 Å². The average molecular weight is 303 g/mol. The van der Waals surface area contributed by atoms with Gasteiger partial charge in [-0.2, -0.15) is 5.10 Å². The molecular weight excluding hydrogens is 293 g/mol.